The van der Waals surface area contributed by atoms with Gasteiger partial charge in [-0.1, -0.05) is 0 Å². The van der Waals surface area contributed by atoms with Crippen molar-refractivity contribution in [1.82, 2.24) is 24.8 Å². The number of pyridine rings is 1. The number of likely N-dealkylation sites (tertiary alicyclic amines) is 1. The third kappa shape index (κ3) is 2.63. The van der Waals surface area contributed by atoms with Crippen LogP contribution in [0.2, 0.25) is 0 Å². The van der Waals surface area contributed by atoms with Gasteiger partial charge < -0.3 is 14.8 Å². The largest absolute Gasteiger partial charge is 0.311 e. The van der Waals surface area contributed by atoms with Crippen LogP contribution in [0.3, 0.4) is 0 Å². The maximum Gasteiger partial charge on any atom is 0.160 e. The smallest absolute Gasteiger partial charge is 0.160 e. The molecule has 2 aromatic heterocycles. The second kappa shape index (κ2) is 5.97. The molecule has 2 aromatic rings. The molecule has 5 nitrogen and oxygen atoms in total. The summed E-state index contributed by atoms with van der Waals surface area (Å²) < 4.78 is 2.39. The van der Waals surface area contributed by atoms with E-state index in [0.29, 0.717) is 12.0 Å². The Balaban J connectivity index is 1.68. The molecule has 1 N–H and O–H groups in total. The minimum absolute atomic E-state index is 0.399. The van der Waals surface area contributed by atoms with Gasteiger partial charge in [-0.3, -0.25) is 0 Å². The molecule has 2 fully saturated rings. The highest BCUT2D eigenvalue weighted by Crippen LogP contribution is 2.28. The van der Waals surface area contributed by atoms with Crippen LogP contribution in [0.4, 0.5) is 0 Å². The lowest BCUT2D eigenvalue weighted by Crippen LogP contribution is -2.34. The van der Waals surface area contributed by atoms with E-state index in [1.807, 2.05) is 12.3 Å². The summed E-state index contributed by atoms with van der Waals surface area (Å²) in [6, 6.07) is 4.47. The minimum atomic E-state index is 0.399. The number of hydrogen-bond donors (Lipinski definition) is 1. The number of fused-ring (bicyclic) bond motifs is 1. The highest BCUT2D eigenvalue weighted by Gasteiger charge is 2.26. The molecule has 5 heteroatoms. The molecule has 4 heterocycles. The zero-order valence-corrected chi connectivity index (χ0v) is 13.3. The van der Waals surface area contributed by atoms with Crippen molar-refractivity contribution in [2.24, 2.45) is 5.92 Å². The molecule has 118 valence electrons. The average molecular weight is 299 g/mol. The Morgan fingerprint density at radius 1 is 1.32 bits per heavy atom. The first-order valence-electron chi connectivity index (χ1n) is 8.54. The van der Waals surface area contributed by atoms with E-state index in [4.69, 9.17) is 4.98 Å². The number of rotatable bonds is 3. The molecule has 0 aromatic carbocycles. The van der Waals surface area contributed by atoms with Gasteiger partial charge in [0, 0.05) is 19.3 Å². The van der Waals surface area contributed by atoms with E-state index < -0.39 is 0 Å². The third-order valence-corrected chi connectivity index (χ3v) is 5.07. The molecule has 2 aliphatic heterocycles. The lowest BCUT2D eigenvalue weighted by Gasteiger charge is -2.30. The summed E-state index contributed by atoms with van der Waals surface area (Å²) in [6.45, 7) is 4.57. The quantitative estimate of drug-likeness (QED) is 0.944. The molecule has 0 aliphatic carbocycles. The molecule has 0 radical (unpaired) electrons. The lowest BCUT2D eigenvalue weighted by atomic mass is 9.98. The monoisotopic (exact) mass is 299 g/mol. The van der Waals surface area contributed by atoms with E-state index >= 15 is 0 Å². The van der Waals surface area contributed by atoms with Crippen molar-refractivity contribution in [2.45, 2.75) is 38.3 Å². The van der Waals surface area contributed by atoms with Gasteiger partial charge in [-0.25, -0.2) is 9.97 Å². The number of aromatic nitrogens is 3. The summed E-state index contributed by atoms with van der Waals surface area (Å²) in [5, 5.41) is 3.60. The summed E-state index contributed by atoms with van der Waals surface area (Å²) in [5.74, 6) is 1.90. The summed E-state index contributed by atoms with van der Waals surface area (Å²) in [5.41, 5.74) is 2.09. The van der Waals surface area contributed by atoms with Crippen LogP contribution in [0.25, 0.3) is 11.2 Å². The summed E-state index contributed by atoms with van der Waals surface area (Å²) >= 11 is 0. The minimum Gasteiger partial charge on any atom is -0.311 e. The highest BCUT2D eigenvalue weighted by molar-refractivity contribution is 5.71. The summed E-state index contributed by atoms with van der Waals surface area (Å²) in [7, 11) is 2.23. The predicted octanol–water partition coefficient (Wildman–Crippen LogP) is 2.20. The fourth-order valence-corrected chi connectivity index (χ4v) is 4.01. The van der Waals surface area contributed by atoms with Crippen molar-refractivity contribution in [3.63, 3.8) is 0 Å². The van der Waals surface area contributed by atoms with Crippen LogP contribution in [0.15, 0.2) is 18.3 Å². The van der Waals surface area contributed by atoms with Gasteiger partial charge in [0.25, 0.3) is 0 Å². The zero-order valence-electron chi connectivity index (χ0n) is 13.3. The van der Waals surface area contributed by atoms with Crippen molar-refractivity contribution in [1.29, 1.82) is 0 Å². The molecule has 0 amide bonds. The number of nitrogens with zero attached hydrogens (tertiary/aromatic N) is 4. The van der Waals surface area contributed by atoms with Crippen molar-refractivity contribution in [2.75, 3.05) is 26.7 Å². The van der Waals surface area contributed by atoms with Crippen LogP contribution in [0.1, 0.15) is 37.5 Å². The molecule has 2 saturated heterocycles. The molecule has 2 aliphatic rings. The Kier molecular flexibility index (Phi) is 3.84. The SMILES string of the molecule is CN1CCCC(Cn2c(C3CCCN3)nc3cccnc32)C1. The maximum atomic E-state index is 4.90. The van der Waals surface area contributed by atoms with E-state index in [1.54, 1.807) is 0 Å². The first-order valence-corrected chi connectivity index (χ1v) is 8.54. The van der Waals surface area contributed by atoms with Gasteiger partial charge in [0.2, 0.25) is 0 Å². The van der Waals surface area contributed by atoms with Crippen molar-refractivity contribution in [3.05, 3.63) is 24.2 Å². The van der Waals surface area contributed by atoms with E-state index in [9.17, 15) is 0 Å². The zero-order chi connectivity index (χ0) is 14.9. The van der Waals surface area contributed by atoms with Gasteiger partial charge in [0.05, 0.1) is 6.04 Å². The standard InChI is InChI=1S/C17H25N5/c1-21-10-4-5-13(11-21)12-22-16-15(7-3-9-19-16)20-17(22)14-6-2-8-18-14/h3,7,9,13-14,18H,2,4-6,8,10-12H2,1H3. The van der Waals surface area contributed by atoms with Gasteiger partial charge in [-0.15, -0.1) is 0 Å². The number of imidazole rings is 1. The fraction of sp³-hybridized carbons (Fsp3) is 0.647. The summed E-state index contributed by atoms with van der Waals surface area (Å²) in [4.78, 5) is 12.0. The molecule has 22 heavy (non-hydrogen) atoms. The average Bonchev–Trinajstić information content (AvgIpc) is 3.15. The number of hydrogen-bond acceptors (Lipinski definition) is 4. The van der Waals surface area contributed by atoms with Crippen LogP contribution in [0.5, 0.6) is 0 Å². The molecular weight excluding hydrogens is 274 g/mol. The number of nitrogens with one attached hydrogen (secondary N) is 1. The Morgan fingerprint density at radius 2 is 2.27 bits per heavy atom. The second-order valence-electron chi connectivity index (χ2n) is 6.85. The first-order chi connectivity index (χ1) is 10.8. The molecule has 2 atom stereocenters. The topological polar surface area (TPSA) is 46.0 Å². The molecule has 2 unspecified atom stereocenters. The van der Waals surface area contributed by atoms with Crippen LogP contribution in [-0.2, 0) is 6.54 Å². The lowest BCUT2D eigenvalue weighted by molar-refractivity contribution is 0.194. The van der Waals surface area contributed by atoms with Crippen molar-refractivity contribution >= 4 is 11.2 Å². The highest BCUT2D eigenvalue weighted by atomic mass is 15.2. The van der Waals surface area contributed by atoms with E-state index in [-0.39, 0.29) is 0 Å². The third-order valence-electron chi connectivity index (χ3n) is 5.07. The Bertz CT molecular complexity index is 644. The van der Waals surface area contributed by atoms with Crippen LogP contribution in [0, 0.1) is 5.92 Å². The van der Waals surface area contributed by atoms with Gasteiger partial charge in [-0.05, 0) is 63.9 Å². The molecular formula is C17H25N5. The Labute approximate surface area is 131 Å². The van der Waals surface area contributed by atoms with Crippen LogP contribution in [-0.4, -0.2) is 46.1 Å². The summed E-state index contributed by atoms with van der Waals surface area (Å²) in [6.07, 6.45) is 6.94. The Morgan fingerprint density at radius 3 is 3.09 bits per heavy atom. The molecule has 0 spiro atoms. The predicted molar refractivity (Wildman–Crippen MR) is 87.7 cm³/mol. The number of piperidine rings is 1. The van der Waals surface area contributed by atoms with Gasteiger partial charge >= 0.3 is 0 Å². The second-order valence-corrected chi connectivity index (χ2v) is 6.85. The Hall–Kier alpha value is -1.46. The first kappa shape index (κ1) is 14.2. The fourth-order valence-electron chi connectivity index (χ4n) is 4.01. The van der Waals surface area contributed by atoms with E-state index in [2.05, 4.69) is 32.9 Å². The molecule has 0 saturated carbocycles. The van der Waals surface area contributed by atoms with Gasteiger partial charge in [0.1, 0.15) is 11.3 Å². The molecule has 4 rings (SSSR count). The van der Waals surface area contributed by atoms with Crippen molar-refractivity contribution in [3.8, 4) is 0 Å². The van der Waals surface area contributed by atoms with Gasteiger partial charge in [-0.2, -0.15) is 0 Å². The van der Waals surface area contributed by atoms with E-state index in [1.165, 1.54) is 44.6 Å². The normalized spacial score (nSPS) is 26.8. The van der Waals surface area contributed by atoms with Crippen LogP contribution < -0.4 is 5.32 Å². The maximum absolute atomic E-state index is 4.90. The molecule has 0 bridgehead atoms. The van der Waals surface area contributed by atoms with E-state index in [0.717, 1.165) is 24.3 Å². The van der Waals surface area contributed by atoms with Crippen molar-refractivity contribution < 1.29 is 0 Å². The van der Waals surface area contributed by atoms with Crippen LogP contribution >= 0.6 is 0 Å². The van der Waals surface area contributed by atoms with Gasteiger partial charge in [0.15, 0.2) is 5.65 Å².